The van der Waals surface area contributed by atoms with Crippen LogP contribution in [0.4, 0.5) is 5.95 Å². The highest BCUT2D eigenvalue weighted by molar-refractivity contribution is 5.80. The molecule has 0 radical (unpaired) electrons. The highest BCUT2D eigenvalue weighted by Gasteiger charge is 1.98. The SMILES string of the molecule is Cc1cn(N=Cc2ccc(C)c(C)c2)c(N)n1. The lowest BCUT2D eigenvalue weighted by molar-refractivity contribution is 0.897. The van der Waals surface area contributed by atoms with Crippen LogP contribution >= 0.6 is 0 Å². The van der Waals surface area contributed by atoms with Gasteiger partial charge in [-0.2, -0.15) is 5.10 Å². The van der Waals surface area contributed by atoms with Crippen LogP contribution in [0.15, 0.2) is 29.5 Å². The number of nitrogens with zero attached hydrogens (tertiary/aromatic N) is 3. The van der Waals surface area contributed by atoms with E-state index in [2.05, 4.69) is 36.1 Å². The fourth-order valence-corrected chi connectivity index (χ4v) is 1.57. The van der Waals surface area contributed by atoms with Crippen molar-refractivity contribution in [3.63, 3.8) is 0 Å². The lowest BCUT2D eigenvalue weighted by Crippen LogP contribution is -1.97. The first kappa shape index (κ1) is 11.4. The zero-order valence-corrected chi connectivity index (χ0v) is 10.3. The quantitative estimate of drug-likeness (QED) is 0.802. The second kappa shape index (κ2) is 4.41. The average molecular weight is 228 g/mol. The molecule has 4 heteroatoms. The predicted octanol–water partition coefficient (Wildman–Crippen LogP) is 2.27. The molecule has 4 nitrogen and oxygen atoms in total. The Balaban J connectivity index is 2.26. The molecule has 0 spiro atoms. The normalized spacial score (nSPS) is 11.2. The summed E-state index contributed by atoms with van der Waals surface area (Å²) in [5, 5.41) is 4.27. The van der Waals surface area contributed by atoms with Crippen molar-refractivity contribution in [2.24, 2.45) is 5.10 Å². The maximum Gasteiger partial charge on any atom is 0.221 e. The lowest BCUT2D eigenvalue weighted by Gasteiger charge is -2.00. The van der Waals surface area contributed by atoms with Gasteiger partial charge in [0, 0.05) is 0 Å². The molecule has 0 saturated heterocycles. The Morgan fingerprint density at radius 1 is 1.24 bits per heavy atom. The van der Waals surface area contributed by atoms with Crippen LogP contribution in [0.2, 0.25) is 0 Å². The van der Waals surface area contributed by atoms with Gasteiger partial charge in [0.1, 0.15) is 0 Å². The Kier molecular flexibility index (Phi) is 2.95. The van der Waals surface area contributed by atoms with Crippen LogP contribution in [0.3, 0.4) is 0 Å². The van der Waals surface area contributed by atoms with Gasteiger partial charge >= 0.3 is 0 Å². The third-order valence-corrected chi connectivity index (χ3v) is 2.70. The maximum absolute atomic E-state index is 5.70. The van der Waals surface area contributed by atoms with Crippen molar-refractivity contribution in [2.75, 3.05) is 5.73 Å². The van der Waals surface area contributed by atoms with Crippen LogP contribution in [0.5, 0.6) is 0 Å². The van der Waals surface area contributed by atoms with Gasteiger partial charge in [-0.25, -0.2) is 9.66 Å². The summed E-state index contributed by atoms with van der Waals surface area (Å²) in [5.74, 6) is 0.405. The second-order valence-electron chi connectivity index (χ2n) is 4.17. The number of nitrogens with two attached hydrogens (primary N) is 1. The van der Waals surface area contributed by atoms with Gasteiger partial charge in [-0.3, -0.25) is 0 Å². The van der Waals surface area contributed by atoms with Crippen LogP contribution in [0.1, 0.15) is 22.4 Å². The molecule has 88 valence electrons. The van der Waals surface area contributed by atoms with Gasteiger partial charge in [-0.1, -0.05) is 18.2 Å². The van der Waals surface area contributed by atoms with Crippen LogP contribution in [-0.4, -0.2) is 15.9 Å². The average Bonchev–Trinajstić information content (AvgIpc) is 2.59. The number of imidazole rings is 1. The number of anilines is 1. The lowest BCUT2D eigenvalue weighted by atomic mass is 10.1. The summed E-state index contributed by atoms with van der Waals surface area (Å²) < 4.78 is 1.57. The van der Waals surface area contributed by atoms with E-state index >= 15 is 0 Å². The first-order valence-electron chi connectivity index (χ1n) is 5.49. The highest BCUT2D eigenvalue weighted by Crippen LogP contribution is 2.09. The molecule has 1 heterocycles. The molecule has 2 N–H and O–H groups in total. The van der Waals surface area contributed by atoms with Crippen molar-refractivity contribution in [1.82, 2.24) is 9.66 Å². The standard InChI is InChI=1S/C13H16N4/c1-9-4-5-12(6-10(9)2)7-15-17-8-11(3)16-13(17)14/h4-8H,1-3H3,(H2,14,16). The minimum atomic E-state index is 0.405. The molecule has 1 aromatic heterocycles. The van der Waals surface area contributed by atoms with Crippen molar-refractivity contribution in [1.29, 1.82) is 0 Å². The van der Waals surface area contributed by atoms with Gasteiger partial charge in [0.2, 0.25) is 5.95 Å². The minimum absolute atomic E-state index is 0.405. The summed E-state index contributed by atoms with van der Waals surface area (Å²) >= 11 is 0. The number of benzene rings is 1. The Hall–Kier alpha value is -2.10. The molecule has 0 bridgehead atoms. The summed E-state index contributed by atoms with van der Waals surface area (Å²) in [6.07, 6.45) is 3.58. The van der Waals surface area contributed by atoms with Crippen molar-refractivity contribution in [3.8, 4) is 0 Å². The molecule has 0 amide bonds. The molecule has 0 fully saturated rings. The van der Waals surface area contributed by atoms with Crippen LogP contribution in [0.25, 0.3) is 0 Å². The van der Waals surface area contributed by atoms with E-state index in [9.17, 15) is 0 Å². The Labute approximate surface area is 101 Å². The van der Waals surface area contributed by atoms with Crippen molar-refractivity contribution < 1.29 is 0 Å². The fourth-order valence-electron chi connectivity index (χ4n) is 1.57. The van der Waals surface area contributed by atoms with E-state index in [0.717, 1.165) is 11.3 Å². The van der Waals surface area contributed by atoms with Gasteiger partial charge in [-0.05, 0) is 37.5 Å². The number of hydrogen-bond donors (Lipinski definition) is 1. The molecular weight excluding hydrogens is 212 g/mol. The van der Waals surface area contributed by atoms with Crippen molar-refractivity contribution in [2.45, 2.75) is 20.8 Å². The summed E-state index contributed by atoms with van der Waals surface area (Å²) in [5.41, 5.74) is 10.1. The minimum Gasteiger partial charge on any atom is -0.368 e. The zero-order chi connectivity index (χ0) is 12.4. The molecule has 0 aliphatic carbocycles. The zero-order valence-electron chi connectivity index (χ0n) is 10.3. The summed E-state index contributed by atoms with van der Waals surface area (Å²) in [4.78, 5) is 4.08. The van der Waals surface area contributed by atoms with Gasteiger partial charge in [-0.15, -0.1) is 0 Å². The molecule has 0 aliphatic rings. The molecule has 17 heavy (non-hydrogen) atoms. The van der Waals surface area contributed by atoms with E-state index in [0.29, 0.717) is 5.95 Å². The second-order valence-corrected chi connectivity index (χ2v) is 4.17. The molecule has 0 saturated carbocycles. The third-order valence-electron chi connectivity index (χ3n) is 2.70. The van der Waals surface area contributed by atoms with Gasteiger partial charge < -0.3 is 5.73 Å². The molecule has 0 atom stereocenters. The van der Waals surface area contributed by atoms with Gasteiger partial charge in [0.15, 0.2) is 0 Å². The van der Waals surface area contributed by atoms with Crippen LogP contribution in [-0.2, 0) is 0 Å². The van der Waals surface area contributed by atoms with Crippen molar-refractivity contribution in [3.05, 3.63) is 46.8 Å². The molecular formula is C13H16N4. The van der Waals surface area contributed by atoms with Crippen LogP contribution in [0, 0.1) is 20.8 Å². The van der Waals surface area contributed by atoms with E-state index in [1.54, 1.807) is 17.1 Å². The number of nitrogen functional groups attached to an aromatic ring is 1. The summed E-state index contributed by atoms with van der Waals surface area (Å²) in [7, 11) is 0. The monoisotopic (exact) mass is 228 g/mol. The van der Waals surface area contributed by atoms with E-state index in [-0.39, 0.29) is 0 Å². The van der Waals surface area contributed by atoms with E-state index in [1.807, 2.05) is 13.0 Å². The molecule has 1 aromatic carbocycles. The Bertz CT molecular complexity index is 567. The highest BCUT2D eigenvalue weighted by atomic mass is 15.4. The molecule has 0 unspecified atom stereocenters. The molecule has 2 aromatic rings. The maximum atomic E-state index is 5.70. The van der Waals surface area contributed by atoms with Crippen molar-refractivity contribution >= 4 is 12.2 Å². The van der Waals surface area contributed by atoms with E-state index in [4.69, 9.17) is 5.73 Å². The smallest absolute Gasteiger partial charge is 0.221 e. The predicted molar refractivity (Wildman–Crippen MR) is 70.3 cm³/mol. The number of aryl methyl sites for hydroxylation is 3. The third kappa shape index (κ3) is 2.53. The topological polar surface area (TPSA) is 56.2 Å². The molecule has 2 rings (SSSR count). The van der Waals surface area contributed by atoms with Gasteiger partial charge in [0.25, 0.3) is 0 Å². The Morgan fingerprint density at radius 2 is 2.00 bits per heavy atom. The molecule has 0 aliphatic heterocycles. The van der Waals surface area contributed by atoms with E-state index < -0.39 is 0 Å². The fraction of sp³-hybridized carbons (Fsp3) is 0.231. The van der Waals surface area contributed by atoms with E-state index in [1.165, 1.54) is 11.1 Å². The first-order chi connectivity index (χ1) is 8.06. The first-order valence-corrected chi connectivity index (χ1v) is 5.49. The Morgan fingerprint density at radius 3 is 2.59 bits per heavy atom. The van der Waals surface area contributed by atoms with Gasteiger partial charge in [0.05, 0.1) is 18.1 Å². The summed E-state index contributed by atoms with van der Waals surface area (Å²) in [6, 6.07) is 6.21. The summed E-state index contributed by atoms with van der Waals surface area (Å²) in [6.45, 7) is 6.06. The largest absolute Gasteiger partial charge is 0.368 e. The number of rotatable bonds is 2. The van der Waals surface area contributed by atoms with Crippen LogP contribution < -0.4 is 5.73 Å². The number of hydrogen-bond acceptors (Lipinski definition) is 3. The number of aromatic nitrogens is 2.